The molecule has 5 nitrogen and oxygen atoms in total. The minimum Gasteiger partial charge on any atom is -0.388 e. The summed E-state index contributed by atoms with van der Waals surface area (Å²) < 4.78 is 0. The van der Waals surface area contributed by atoms with Crippen molar-refractivity contribution in [1.82, 2.24) is 0 Å². The standard InChI is InChI=1S/C16H15ClN2O3/c1-10(20)18-14-7-2-11(8-15(14)19-22)9-16(21)12-3-5-13(17)6-4-12/h2-8,16,21H,9H2,1H3,(H,18,20). The van der Waals surface area contributed by atoms with Crippen LogP contribution in [0.5, 0.6) is 0 Å². The Bertz CT molecular complexity index is 686. The summed E-state index contributed by atoms with van der Waals surface area (Å²) >= 11 is 5.81. The molecule has 0 fully saturated rings. The molecule has 0 saturated carbocycles. The van der Waals surface area contributed by atoms with Gasteiger partial charge in [0, 0.05) is 18.4 Å². The van der Waals surface area contributed by atoms with Crippen molar-refractivity contribution in [2.75, 3.05) is 5.32 Å². The first-order valence-electron chi connectivity index (χ1n) is 6.67. The average Bonchev–Trinajstić information content (AvgIpc) is 2.49. The molecule has 2 rings (SSSR count). The number of aliphatic hydroxyl groups excluding tert-OH is 1. The fraction of sp³-hybridized carbons (Fsp3) is 0.188. The van der Waals surface area contributed by atoms with Gasteiger partial charge in [0.05, 0.1) is 11.8 Å². The van der Waals surface area contributed by atoms with Crippen LogP contribution in [-0.4, -0.2) is 11.0 Å². The zero-order valence-corrected chi connectivity index (χ0v) is 12.7. The van der Waals surface area contributed by atoms with Crippen LogP contribution in [0.3, 0.4) is 0 Å². The minimum atomic E-state index is -0.719. The Kier molecular flexibility index (Phi) is 5.25. The molecular weight excluding hydrogens is 304 g/mol. The molecule has 0 radical (unpaired) electrons. The van der Waals surface area contributed by atoms with Crippen LogP contribution < -0.4 is 5.32 Å². The zero-order chi connectivity index (χ0) is 16.1. The molecule has 22 heavy (non-hydrogen) atoms. The third-order valence-corrected chi connectivity index (χ3v) is 3.41. The maximum Gasteiger partial charge on any atom is 0.221 e. The summed E-state index contributed by atoms with van der Waals surface area (Å²) in [6.07, 6.45) is -0.395. The molecule has 0 aliphatic carbocycles. The second kappa shape index (κ2) is 7.15. The van der Waals surface area contributed by atoms with Gasteiger partial charge in [0.25, 0.3) is 0 Å². The first-order valence-corrected chi connectivity index (χ1v) is 7.05. The normalized spacial score (nSPS) is 11.8. The lowest BCUT2D eigenvalue weighted by Gasteiger charge is -2.12. The van der Waals surface area contributed by atoms with E-state index >= 15 is 0 Å². The molecule has 2 aromatic carbocycles. The molecule has 0 heterocycles. The number of halogens is 1. The smallest absolute Gasteiger partial charge is 0.221 e. The van der Waals surface area contributed by atoms with Crippen LogP contribution in [0.15, 0.2) is 47.6 Å². The third kappa shape index (κ3) is 4.13. The Morgan fingerprint density at radius 3 is 2.55 bits per heavy atom. The fourth-order valence-corrected chi connectivity index (χ4v) is 2.23. The molecule has 0 aromatic heterocycles. The highest BCUT2D eigenvalue weighted by atomic mass is 35.5. The second-order valence-electron chi connectivity index (χ2n) is 4.90. The summed E-state index contributed by atoms with van der Waals surface area (Å²) in [5.74, 6) is -0.279. The maximum absolute atomic E-state index is 11.1. The number of carbonyl (C=O) groups excluding carboxylic acids is 1. The molecular formula is C16H15ClN2O3. The van der Waals surface area contributed by atoms with Crippen LogP contribution >= 0.6 is 11.6 Å². The van der Waals surface area contributed by atoms with E-state index in [0.717, 1.165) is 11.1 Å². The summed E-state index contributed by atoms with van der Waals surface area (Å²) in [7, 11) is 0. The molecule has 2 N–H and O–H groups in total. The van der Waals surface area contributed by atoms with Gasteiger partial charge in [-0.3, -0.25) is 4.79 Å². The minimum absolute atomic E-state index is 0.135. The van der Waals surface area contributed by atoms with Crippen molar-refractivity contribution in [3.8, 4) is 0 Å². The van der Waals surface area contributed by atoms with Gasteiger partial charge in [-0.2, -0.15) is 0 Å². The molecule has 1 amide bonds. The number of nitroso groups, excluding NO2 is 1. The van der Waals surface area contributed by atoms with Crippen LogP contribution in [0.1, 0.15) is 24.2 Å². The van der Waals surface area contributed by atoms with E-state index in [4.69, 9.17) is 11.6 Å². The number of anilines is 1. The predicted octanol–water partition coefficient (Wildman–Crippen LogP) is 3.97. The molecule has 1 atom stereocenters. The molecule has 0 bridgehead atoms. The van der Waals surface area contributed by atoms with Crippen LogP contribution in [0.25, 0.3) is 0 Å². The van der Waals surface area contributed by atoms with Crippen molar-refractivity contribution in [1.29, 1.82) is 0 Å². The van der Waals surface area contributed by atoms with E-state index < -0.39 is 6.10 Å². The van der Waals surface area contributed by atoms with Gasteiger partial charge in [0.15, 0.2) is 0 Å². The van der Waals surface area contributed by atoms with Crippen molar-refractivity contribution < 1.29 is 9.90 Å². The average molecular weight is 319 g/mol. The number of hydrogen-bond donors (Lipinski definition) is 2. The van der Waals surface area contributed by atoms with E-state index in [1.54, 1.807) is 42.5 Å². The van der Waals surface area contributed by atoms with Gasteiger partial charge in [-0.1, -0.05) is 29.8 Å². The first-order chi connectivity index (χ1) is 10.5. The Morgan fingerprint density at radius 2 is 1.95 bits per heavy atom. The lowest BCUT2D eigenvalue weighted by molar-refractivity contribution is -0.114. The molecule has 114 valence electrons. The van der Waals surface area contributed by atoms with Crippen LogP contribution in [0.4, 0.5) is 11.4 Å². The zero-order valence-electron chi connectivity index (χ0n) is 11.9. The Balaban J connectivity index is 2.17. The molecule has 0 saturated heterocycles. The summed E-state index contributed by atoms with van der Waals surface area (Å²) in [5.41, 5.74) is 1.96. The quantitative estimate of drug-likeness (QED) is 0.819. The Morgan fingerprint density at radius 1 is 1.27 bits per heavy atom. The third-order valence-electron chi connectivity index (χ3n) is 3.16. The number of nitrogens with one attached hydrogen (secondary N) is 1. The van der Waals surface area contributed by atoms with Gasteiger partial charge < -0.3 is 10.4 Å². The lowest BCUT2D eigenvalue weighted by atomic mass is 10.0. The van der Waals surface area contributed by atoms with E-state index in [1.807, 2.05) is 0 Å². The van der Waals surface area contributed by atoms with Crippen molar-refractivity contribution in [2.24, 2.45) is 5.18 Å². The SMILES string of the molecule is CC(=O)Nc1ccc(CC(O)c2ccc(Cl)cc2)cc1N=O. The number of carbonyl (C=O) groups is 1. The number of rotatable bonds is 5. The number of benzene rings is 2. The van der Waals surface area contributed by atoms with Gasteiger partial charge in [0.2, 0.25) is 5.91 Å². The van der Waals surface area contributed by atoms with E-state index in [2.05, 4.69) is 10.5 Å². The summed E-state index contributed by atoms with van der Waals surface area (Å²) in [6.45, 7) is 1.35. The Hall–Kier alpha value is -2.24. The monoisotopic (exact) mass is 318 g/mol. The predicted molar refractivity (Wildman–Crippen MR) is 86.3 cm³/mol. The Labute approximate surface area is 132 Å². The van der Waals surface area contributed by atoms with Crippen molar-refractivity contribution >= 4 is 28.9 Å². The van der Waals surface area contributed by atoms with E-state index in [0.29, 0.717) is 17.1 Å². The molecule has 0 aliphatic heterocycles. The highest BCUT2D eigenvalue weighted by Gasteiger charge is 2.11. The van der Waals surface area contributed by atoms with Gasteiger partial charge in [0.1, 0.15) is 5.69 Å². The van der Waals surface area contributed by atoms with Crippen molar-refractivity contribution in [3.05, 3.63) is 63.5 Å². The highest BCUT2D eigenvalue weighted by Crippen LogP contribution is 2.28. The number of hydrogen-bond acceptors (Lipinski definition) is 4. The molecule has 0 spiro atoms. The molecule has 0 aliphatic rings. The molecule has 1 unspecified atom stereocenters. The molecule has 2 aromatic rings. The van der Waals surface area contributed by atoms with Crippen LogP contribution in [0, 0.1) is 4.91 Å². The number of nitrogens with zero attached hydrogens (tertiary/aromatic N) is 1. The second-order valence-corrected chi connectivity index (χ2v) is 5.33. The molecule has 6 heteroatoms. The van der Waals surface area contributed by atoms with Crippen molar-refractivity contribution in [3.63, 3.8) is 0 Å². The maximum atomic E-state index is 11.1. The van der Waals surface area contributed by atoms with Crippen LogP contribution in [0.2, 0.25) is 5.02 Å². The number of aliphatic hydroxyl groups is 1. The topological polar surface area (TPSA) is 78.8 Å². The highest BCUT2D eigenvalue weighted by molar-refractivity contribution is 6.30. The van der Waals surface area contributed by atoms with Gasteiger partial charge >= 0.3 is 0 Å². The lowest BCUT2D eigenvalue weighted by Crippen LogP contribution is -2.06. The van der Waals surface area contributed by atoms with Gasteiger partial charge in [-0.05, 0) is 40.6 Å². The fourth-order valence-electron chi connectivity index (χ4n) is 2.10. The van der Waals surface area contributed by atoms with E-state index in [-0.39, 0.29) is 11.6 Å². The van der Waals surface area contributed by atoms with Gasteiger partial charge in [-0.25, -0.2) is 0 Å². The van der Waals surface area contributed by atoms with Crippen LogP contribution in [-0.2, 0) is 11.2 Å². The van der Waals surface area contributed by atoms with Gasteiger partial charge in [-0.15, -0.1) is 4.91 Å². The summed E-state index contributed by atoms with van der Waals surface area (Å²) in [5, 5.41) is 16.3. The first kappa shape index (κ1) is 16.1. The van der Waals surface area contributed by atoms with E-state index in [9.17, 15) is 14.8 Å². The largest absolute Gasteiger partial charge is 0.388 e. The summed E-state index contributed by atoms with van der Waals surface area (Å²) in [6, 6.07) is 11.8. The summed E-state index contributed by atoms with van der Waals surface area (Å²) in [4.78, 5) is 21.9. The van der Waals surface area contributed by atoms with E-state index in [1.165, 1.54) is 6.92 Å². The number of amides is 1. The van der Waals surface area contributed by atoms with Crippen molar-refractivity contribution in [2.45, 2.75) is 19.4 Å².